The van der Waals surface area contributed by atoms with Crippen molar-refractivity contribution in [3.8, 4) is 5.75 Å². The Labute approximate surface area is 129 Å². The molecule has 1 heterocycles. The minimum Gasteiger partial charge on any atom is -0.497 e. The Balaban J connectivity index is 2.07. The zero-order valence-electron chi connectivity index (χ0n) is 12.1. The number of hydrogen-bond donors (Lipinski definition) is 2. The molecule has 0 aromatic heterocycles. The van der Waals surface area contributed by atoms with Crippen LogP contribution >= 0.6 is 15.9 Å². The monoisotopic (exact) mass is 342 g/mol. The van der Waals surface area contributed by atoms with Crippen LogP contribution in [0.4, 0.5) is 0 Å². The lowest BCUT2D eigenvalue weighted by Crippen LogP contribution is -2.41. The Hall–Kier alpha value is -0.620. The number of nitrogens with two attached hydrogens (primary N) is 1. The Morgan fingerprint density at radius 2 is 2.35 bits per heavy atom. The summed E-state index contributed by atoms with van der Waals surface area (Å²) in [5, 5.41) is 3.52. The van der Waals surface area contributed by atoms with Crippen LogP contribution in [0, 0.1) is 0 Å². The summed E-state index contributed by atoms with van der Waals surface area (Å²) in [5.41, 5.74) is 6.98. The zero-order valence-corrected chi connectivity index (χ0v) is 13.7. The van der Waals surface area contributed by atoms with Crippen LogP contribution in [-0.2, 0) is 4.74 Å². The van der Waals surface area contributed by atoms with Crippen molar-refractivity contribution in [2.75, 3.05) is 26.8 Å². The maximum absolute atomic E-state index is 5.93. The van der Waals surface area contributed by atoms with Crippen molar-refractivity contribution in [3.63, 3.8) is 0 Å². The van der Waals surface area contributed by atoms with Gasteiger partial charge in [-0.05, 0) is 43.5 Å². The maximum Gasteiger partial charge on any atom is 0.119 e. The van der Waals surface area contributed by atoms with E-state index < -0.39 is 0 Å². The van der Waals surface area contributed by atoms with E-state index in [4.69, 9.17) is 15.2 Å². The molecule has 112 valence electrons. The molecule has 0 bridgehead atoms. The van der Waals surface area contributed by atoms with Crippen molar-refractivity contribution < 1.29 is 9.47 Å². The van der Waals surface area contributed by atoms with Crippen LogP contribution < -0.4 is 15.8 Å². The summed E-state index contributed by atoms with van der Waals surface area (Å²) in [5.74, 6) is 0.840. The van der Waals surface area contributed by atoms with Crippen molar-refractivity contribution in [3.05, 3.63) is 28.2 Å². The van der Waals surface area contributed by atoms with E-state index in [9.17, 15) is 0 Å². The third-order valence-electron chi connectivity index (χ3n) is 3.84. The highest BCUT2D eigenvalue weighted by molar-refractivity contribution is 9.10. The summed E-state index contributed by atoms with van der Waals surface area (Å²) in [6.45, 7) is 4.34. The topological polar surface area (TPSA) is 56.5 Å². The van der Waals surface area contributed by atoms with Crippen molar-refractivity contribution in [1.82, 2.24) is 5.32 Å². The Morgan fingerprint density at radius 1 is 1.55 bits per heavy atom. The van der Waals surface area contributed by atoms with E-state index in [1.54, 1.807) is 7.11 Å². The van der Waals surface area contributed by atoms with Gasteiger partial charge in [-0.1, -0.05) is 15.9 Å². The smallest absolute Gasteiger partial charge is 0.119 e. The molecule has 4 nitrogen and oxygen atoms in total. The molecule has 3 N–H and O–H groups in total. The number of halogens is 1. The van der Waals surface area contributed by atoms with Gasteiger partial charge in [0, 0.05) is 30.2 Å². The molecule has 1 aliphatic heterocycles. The number of rotatable bonds is 6. The van der Waals surface area contributed by atoms with E-state index in [-0.39, 0.29) is 11.6 Å². The quantitative estimate of drug-likeness (QED) is 0.834. The standard InChI is InChI=1S/C15H23BrN2O2/c1-15(6-3-7-20-15)10-18-14(9-17)12-8-11(19-2)4-5-13(12)16/h4-5,8,14,18H,3,6-7,9-10,17H2,1-2H3. The van der Waals surface area contributed by atoms with Gasteiger partial charge in [0.15, 0.2) is 0 Å². The molecule has 20 heavy (non-hydrogen) atoms. The third-order valence-corrected chi connectivity index (χ3v) is 4.56. The van der Waals surface area contributed by atoms with Crippen LogP contribution in [0.3, 0.4) is 0 Å². The van der Waals surface area contributed by atoms with Crippen molar-refractivity contribution in [2.45, 2.75) is 31.4 Å². The first-order valence-electron chi connectivity index (χ1n) is 6.99. The van der Waals surface area contributed by atoms with Crippen LogP contribution in [0.1, 0.15) is 31.4 Å². The van der Waals surface area contributed by atoms with Gasteiger partial charge in [0.1, 0.15) is 5.75 Å². The van der Waals surface area contributed by atoms with Gasteiger partial charge in [-0.25, -0.2) is 0 Å². The molecular weight excluding hydrogens is 320 g/mol. The molecule has 1 aliphatic rings. The third kappa shape index (κ3) is 3.73. The Bertz CT molecular complexity index is 447. The number of ether oxygens (including phenoxy) is 2. The normalized spacial score (nSPS) is 23.8. The van der Waals surface area contributed by atoms with Gasteiger partial charge >= 0.3 is 0 Å². The van der Waals surface area contributed by atoms with Crippen molar-refractivity contribution in [2.24, 2.45) is 5.73 Å². The summed E-state index contributed by atoms with van der Waals surface area (Å²) >= 11 is 3.59. The van der Waals surface area contributed by atoms with E-state index in [2.05, 4.69) is 28.2 Å². The van der Waals surface area contributed by atoms with Crippen LogP contribution in [0.15, 0.2) is 22.7 Å². The fourth-order valence-corrected chi connectivity index (χ4v) is 3.07. The number of benzene rings is 1. The van der Waals surface area contributed by atoms with E-state index in [0.717, 1.165) is 41.8 Å². The second kappa shape index (κ2) is 6.89. The molecule has 0 saturated carbocycles. The molecule has 1 aromatic carbocycles. The average Bonchev–Trinajstić information content (AvgIpc) is 2.88. The largest absolute Gasteiger partial charge is 0.497 e. The summed E-state index contributed by atoms with van der Waals surface area (Å²) in [6.07, 6.45) is 2.23. The zero-order chi connectivity index (χ0) is 14.6. The molecular formula is C15H23BrN2O2. The number of hydrogen-bond acceptors (Lipinski definition) is 4. The first-order chi connectivity index (χ1) is 9.58. The summed E-state index contributed by atoms with van der Waals surface area (Å²) in [7, 11) is 1.67. The maximum atomic E-state index is 5.93. The lowest BCUT2D eigenvalue weighted by atomic mass is 10.0. The van der Waals surface area contributed by atoms with E-state index >= 15 is 0 Å². The fraction of sp³-hybridized carbons (Fsp3) is 0.600. The highest BCUT2D eigenvalue weighted by Gasteiger charge is 2.30. The second-order valence-corrected chi connectivity index (χ2v) is 6.31. The van der Waals surface area contributed by atoms with E-state index in [1.807, 2.05) is 18.2 Å². The molecule has 2 atom stereocenters. The molecule has 0 radical (unpaired) electrons. The molecule has 0 aliphatic carbocycles. The molecule has 0 spiro atoms. The molecule has 2 rings (SSSR count). The first kappa shape index (κ1) is 15.8. The molecule has 0 amide bonds. The summed E-state index contributed by atoms with van der Waals surface area (Å²) in [4.78, 5) is 0. The minimum absolute atomic E-state index is 0.0707. The van der Waals surface area contributed by atoms with Gasteiger partial charge in [-0.2, -0.15) is 0 Å². The predicted molar refractivity (Wildman–Crippen MR) is 84.1 cm³/mol. The van der Waals surface area contributed by atoms with Gasteiger partial charge in [0.25, 0.3) is 0 Å². The number of nitrogens with one attached hydrogen (secondary N) is 1. The van der Waals surface area contributed by atoms with Crippen LogP contribution in [0.5, 0.6) is 5.75 Å². The van der Waals surface area contributed by atoms with Crippen molar-refractivity contribution in [1.29, 1.82) is 0 Å². The lowest BCUT2D eigenvalue weighted by Gasteiger charge is -2.27. The van der Waals surface area contributed by atoms with Gasteiger partial charge < -0.3 is 20.5 Å². The van der Waals surface area contributed by atoms with Crippen LogP contribution in [0.2, 0.25) is 0 Å². The SMILES string of the molecule is COc1ccc(Br)c(C(CN)NCC2(C)CCCO2)c1. The second-order valence-electron chi connectivity index (χ2n) is 5.46. The molecule has 5 heteroatoms. The molecule has 1 saturated heterocycles. The number of methoxy groups -OCH3 is 1. The summed E-state index contributed by atoms with van der Waals surface area (Å²) < 4.78 is 12.1. The van der Waals surface area contributed by atoms with Crippen LogP contribution in [-0.4, -0.2) is 32.4 Å². The first-order valence-corrected chi connectivity index (χ1v) is 7.78. The van der Waals surface area contributed by atoms with Gasteiger partial charge in [-0.3, -0.25) is 0 Å². The van der Waals surface area contributed by atoms with Gasteiger partial charge in [-0.15, -0.1) is 0 Å². The van der Waals surface area contributed by atoms with E-state index in [1.165, 1.54) is 0 Å². The predicted octanol–water partition coefficient (Wildman–Crippen LogP) is 2.62. The van der Waals surface area contributed by atoms with Crippen LogP contribution in [0.25, 0.3) is 0 Å². The Kier molecular flexibility index (Phi) is 5.43. The average molecular weight is 343 g/mol. The molecule has 2 unspecified atom stereocenters. The van der Waals surface area contributed by atoms with Crippen molar-refractivity contribution >= 4 is 15.9 Å². The Morgan fingerprint density at radius 3 is 2.95 bits per heavy atom. The fourth-order valence-electron chi connectivity index (χ4n) is 2.55. The highest BCUT2D eigenvalue weighted by atomic mass is 79.9. The lowest BCUT2D eigenvalue weighted by molar-refractivity contribution is 0.0189. The minimum atomic E-state index is -0.0707. The van der Waals surface area contributed by atoms with Gasteiger partial charge in [0.05, 0.1) is 12.7 Å². The molecule has 1 fully saturated rings. The summed E-state index contributed by atoms with van der Waals surface area (Å²) in [6, 6.07) is 6.03. The van der Waals surface area contributed by atoms with E-state index in [0.29, 0.717) is 6.54 Å². The molecule has 1 aromatic rings. The highest BCUT2D eigenvalue weighted by Crippen LogP contribution is 2.29. The van der Waals surface area contributed by atoms with Gasteiger partial charge in [0.2, 0.25) is 0 Å².